The van der Waals surface area contributed by atoms with Gasteiger partial charge in [0.05, 0.1) is 0 Å². The van der Waals surface area contributed by atoms with Gasteiger partial charge in [-0.3, -0.25) is 0 Å². The molecule has 152 valence electrons. The molecular weight excluding hydrogens is 424 g/mol. The minimum Gasteiger partial charge on any atom is -0.143 e. The zero-order valence-electron chi connectivity index (χ0n) is 17.4. The van der Waals surface area contributed by atoms with Crippen LogP contribution in [0.3, 0.4) is 0 Å². The van der Waals surface area contributed by atoms with E-state index in [4.69, 9.17) is 0 Å². The van der Waals surface area contributed by atoms with Crippen LogP contribution in [0.1, 0.15) is 0 Å². The van der Waals surface area contributed by atoms with Crippen molar-refractivity contribution in [3.63, 3.8) is 0 Å². The van der Waals surface area contributed by atoms with Crippen LogP contribution in [0.4, 0.5) is 0 Å². The van der Waals surface area contributed by atoms with Gasteiger partial charge in [0.1, 0.15) is 0 Å². The molecule has 2 aromatic heterocycles. The summed E-state index contributed by atoms with van der Waals surface area (Å²) in [5.41, 5.74) is 10.4. The maximum atomic E-state index is 2.40. The quantitative estimate of drug-likeness (QED) is 0.254. The highest BCUT2D eigenvalue weighted by atomic mass is 32.1. The molecule has 2 aromatic carbocycles. The smallest absolute Gasteiger partial charge is 0.0427 e. The Bertz CT molecular complexity index is 1350. The van der Waals surface area contributed by atoms with Crippen LogP contribution in [0.5, 0.6) is 0 Å². The molecule has 2 aliphatic rings. The van der Waals surface area contributed by atoms with Crippen LogP contribution in [-0.2, 0) is 0 Å². The van der Waals surface area contributed by atoms with Crippen molar-refractivity contribution in [2.24, 2.45) is 0 Å². The molecule has 2 heteroatoms. The van der Waals surface area contributed by atoms with E-state index in [2.05, 4.69) is 120 Å². The van der Waals surface area contributed by atoms with Crippen molar-refractivity contribution in [3.05, 3.63) is 120 Å². The number of fused-ring (bicyclic) bond motifs is 1. The molecule has 0 fully saturated rings. The van der Waals surface area contributed by atoms with Crippen LogP contribution in [0.2, 0.25) is 0 Å². The summed E-state index contributed by atoms with van der Waals surface area (Å²) in [7, 11) is 0. The fourth-order valence-electron chi connectivity index (χ4n) is 4.42. The van der Waals surface area contributed by atoms with Gasteiger partial charge in [-0.1, -0.05) is 91.0 Å². The number of hydrogen-bond donors (Lipinski definition) is 0. The van der Waals surface area contributed by atoms with E-state index >= 15 is 0 Å². The lowest BCUT2D eigenvalue weighted by Gasteiger charge is -2.06. The summed E-state index contributed by atoms with van der Waals surface area (Å²) in [6.45, 7) is 0. The van der Waals surface area contributed by atoms with E-state index in [1.807, 2.05) is 22.7 Å². The van der Waals surface area contributed by atoms with Crippen molar-refractivity contribution in [3.8, 4) is 54.3 Å². The molecule has 0 amide bonds. The van der Waals surface area contributed by atoms with Crippen LogP contribution >= 0.6 is 22.7 Å². The van der Waals surface area contributed by atoms with Crippen LogP contribution in [0.15, 0.2) is 120 Å². The summed E-state index contributed by atoms with van der Waals surface area (Å²) in [6.07, 6.45) is 0. The highest BCUT2D eigenvalue weighted by Gasteiger charge is 2.22. The minimum absolute atomic E-state index is 1.26. The molecule has 0 bridgehead atoms. The predicted octanol–water partition coefficient (Wildman–Crippen LogP) is 9.58. The number of rotatable bonds is 4. The lowest BCUT2D eigenvalue weighted by molar-refractivity contribution is 1.67. The van der Waals surface area contributed by atoms with Crippen molar-refractivity contribution in [2.75, 3.05) is 0 Å². The lowest BCUT2D eigenvalue weighted by atomic mass is 10.0. The van der Waals surface area contributed by atoms with Gasteiger partial charge >= 0.3 is 0 Å². The predicted molar refractivity (Wildman–Crippen MR) is 141 cm³/mol. The standard InChI is InChI=1S/C30H20S2/c1-4-10-21(11-5-1)23-16-18-31-29(23)27-20-28(26-15-9-3-8-14-25(26)27)30-24(17-19-32-30)22-12-6-2-7-13-22/h1-20H. The van der Waals surface area contributed by atoms with Gasteiger partial charge in [0.25, 0.3) is 0 Å². The second-order valence-electron chi connectivity index (χ2n) is 7.77. The first-order valence-electron chi connectivity index (χ1n) is 10.7. The molecule has 0 atom stereocenters. The highest BCUT2D eigenvalue weighted by molar-refractivity contribution is 7.14. The molecule has 4 aromatic rings. The van der Waals surface area contributed by atoms with Crippen molar-refractivity contribution >= 4 is 22.7 Å². The Hall–Kier alpha value is -3.46. The summed E-state index contributed by atoms with van der Waals surface area (Å²) in [6, 6.07) is 39.2. The van der Waals surface area contributed by atoms with E-state index in [1.54, 1.807) is 0 Å². The Morgan fingerprint density at radius 1 is 0.344 bits per heavy atom. The third-order valence-electron chi connectivity index (χ3n) is 5.90. The first-order valence-corrected chi connectivity index (χ1v) is 12.4. The Labute approximate surface area is 196 Å². The zero-order valence-corrected chi connectivity index (χ0v) is 19.0. The van der Waals surface area contributed by atoms with Crippen molar-refractivity contribution < 1.29 is 0 Å². The fourth-order valence-corrected chi connectivity index (χ4v) is 6.32. The Balaban J connectivity index is 1.58. The van der Waals surface area contributed by atoms with Crippen LogP contribution in [0, 0.1) is 0 Å². The van der Waals surface area contributed by atoms with Gasteiger partial charge in [0.2, 0.25) is 0 Å². The van der Waals surface area contributed by atoms with E-state index < -0.39 is 0 Å². The van der Waals surface area contributed by atoms with E-state index in [-0.39, 0.29) is 0 Å². The Morgan fingerprint density at radius 3 is 1.19 bits per heavy atom. The normalized spacial score (nSPS) is 11.1. The highest BCUT2D eigenvalue weighted by Crippen LogP contribution is 2.50. The lowest BCUT2D eigenvalue weighted by Crippen LogP contribution is -1.79. The summed E-state index contributed by atoms with van der Waals surface area (Å²) >= 11 is 3.65. The minimum atomic E-state index is 1.26. The van der Waals surface area contributed by atoms with E-state index in [1.165, 1.54) is 54.3 Å². The third-order valence-corrected chi connectivity index (χ3v) is 7.79. The maximum Gasteiger partial charge on any atom is 0.0427 e. The molecule has 0 nitrogen and oxygen atoms in total. The largest absolute Gasteiger partial charge is 0.143 e. The monoisotopic (exact) mass is 444 g/mol. The third kappa shape index (κ3) is 3.29. The number of hydrogen-bond acceptors (Lipinski definition) is 2. The Morgan fingerprint density at radius 2 is 0.750 bits per heavy atom. The molecule has 2 aliphatic carbocycles. The van der Waals surface area contributed by atoms with Gasteiger partial charge in [0.15, 0.2) is 0 Å². The van der Waals surface area contributed by atoms with Gasteiger partial charge < -0.3 is 0 Å². The van der Waals surface area contributed by atoms with Crippen LogP contribution in [-0.4, -0.2) is 0 Å². The molecular formula is C30H20S2. The van der Waals surface area contributed by atoms with Gasteiger partial charge in [-0.25, -0.2) is 0 Å². The first kappa shape index (κ1) is 19.2. The number of benzene rings is 2. The SMILES string of the molecule is c1ccc(-c2ccsc2-c2cc(-c3sccc3-c3ccccc3)c3cccccc2-3)cc1. The second kappa shape index (κ2) is 8.23. The molecule has 0 radical (unpaired) electrons. The molecule has 0 N–H and O–H groups in total. The van der Waals surface area contributed by atoms with Crippen LogP contribution < -0.4 is 0 Å². The topological polar surface area (TPSA) is 0 Å². The summed E-state index contributed by atoms with van der Waals surface area (Å²) in [5, 5.41) is 4.42. The molecule has 0 saturated heterocycles. The molecule has 2 heterocycles. The van der Waals surface area contributed by atoms with Gasteiger partial charge in [-0.15, -0.1) is 22.7 Å². The number of thiophene rings is 2. The summed E-state index contributed by atoms with van der Waals surface area (Å²) in [5.74, 6) is 0. The molecule has 0 unspecified atom stereocenters. The molecule has 0 saturated carbocycles. The molecule has 6 rings (SSSR count). The first-order chi connectivity index (χ1) is 15.9. The van der Waals surface area contributed by atoms with Gasteiger partial charge in [0, 0.05) is 32.0 Å². The van der Waals surface area contributed by atoms with Crippen LogP contribution in [0.25, 0.3) is 54.3 Å². The van der Waals surface area contributed by atoms with E-state index in [9.17, 15) is 0 Å². The fraction of sp³-hybridized carbons (Fsp3) is 0. The maximum absolute atomic E-state index is 2.40. The molecule has 0 aliphatic heterocycles. The van der Waals surface area contributed by atoms with E-state index in [0.29, 0.717) is 0 Å². The molecule has 32 heavy (non-hydrogen) atoms. The Kier molecular flexibility index (Phi) is 4.95. The van der Waals surface area contributed by atoms with Crippen molar-refractivity contribution in [1.29, 1.82) is 0 Å². The molecule has 0 spiro atoms. The summed E-state index contributed by atoms with van der Waals surface area (Å²) < 4.78 is 0. The van der Waals surface area contributed by atoms with Gasteiger partial charge in [-0.2, -0.15) is 0 Å². The van der Waals surface area contributed by atoms with E-state index in [0.717, 1.165) is 0 Å². The summed E-state index contributed by atoms with van der Waals surface area (Å²) in [4.78, 5) is 2.66. The van der Waals surface area contributed by atoms with Crippen molar-refractivity contribution in [2.45, 2.75) is 0 Å². The second-order valence-corrected chi connectivity index (χ2v) is 9.60. The van der Waals surface area contributed by atoms with Crippen molar-refractivity contribution in [1.82, 2.24) is 0 Å². The van der Waals surface area contributed by atoms with Gasteiger partial charge in [-0.05, 0) is 51.2 Å². The zero-order chi connectivity index (χ0) is 21.3. The average molecular weight is 445 g/mol. The average Bonchev–Trinajstić information content (AvgIpc) is 3.55.